The van der Waals surface area contributed by atoms with E-state index in [-0.39, 0.29) is 5.91 Å². The number of fused-ring (bicyclic) bond motifs is 1. The summed E-state index contributed by atoms with van der Waals surface area (Å²) in [5.74, 6) is 1.89. The van der Waals surface area contributed by atoms with Crippen LogP contribution in [0.5, 0.6) is 5.75 Å². The molecule has 0 saturated carbocycles. The SMILES string of the molecule is Cc1cccnc1N1CCN(C(=O)c2ccc3c(c2)OCCN3C)CC1. The van der Waals surface area contributed by atoms with Crippen LogP contribution in [0.4, 0.5) is 11.5 Å². The van der Waals surface area contributed by atoms with E-state index in [2.05, 4.69) is 27.8 Å². The molecule has 3 heterocycles. The van der Waals surface area contributed by atoms with Gasteiger partial charge in [-0.1, -0.05) is 6.07 Å². The summed E-state index contributed by atoms with van der Waals surface area (Å²) < 4.78 is 5.73. The normalized spacial score (nSPS) is 16.9. The van der Waals surface area contributed by atoms with Gasteiger partial charge in [-0.05, 0) is 36.8 Å². The Morgan fingerprint density at radius 2 is 1.92 bits per heavy atom. The van der Waals surface area contributed by atoms with Gasteiger partial charge in [0.2, 0.25) is 0 Å². The molecule has 6 nitrogen and oxygen atoms in total. The van der Waals surface area contributed by atoms with Crippen molar-refractivity contribution < 1.29 is 9.53 Å². The van der Waals surface area contributed by atoms with Crippen LogP contribution in [-0.4, -0.2) is 62.2 Å². The Bertz CT molecular complexity index is 815. The summed E-state index contributed by atoms with van der Waals surface area (Å²) in [6.07, 6.45) is 1.82. The monoisotopic (exact) mass is 352 g/mol. The second-order valence-electron chi connectivity index (χ2n) is 6.88. The van der Waals surface area contributed by atoms with Gasteiger partial charge in [-0.2, -0.15) is 0 Å². The number of aromatic nitrogens is 1. The van der Waals surface area contributed by atoms with Gasteiger partial charge in [-0.15, -0.1) is 0 Å². The molecule has 0 bridgehead atoms. The number of pyridine rings is 1. The highest BCUT2D eigenvalue weighted by Gasteiger charge is 2.25. The smallest absolute Gasteiger partial charge is 0.254 e. The molecule has 1 saturated heterocycles. The first-order valence-electron chi connectivity index (χ1n) is 9.07. The van der Waals surface area contributed by atoms with Crippen LogP contribution in [0.2, 0.25) is 0 Å². The van der Waals surface area contributed by atoms with Gasteiger partial charge in [0.15, 0.2) is 0 Å². The maximum atomic E-state index is 12.9. The van der Waals surface area contributed by atoms with Crippen molar-refractivity contribution in [3.8, 4) is 5.75 Å². The zero-order chi connectivity index (χ0) is 18.1. The summed E-state index contributed by atoms with van der Waals surface area (Å²) in [5.41, 5.74) is 2.91. The summed E-state index contributed by atoms with van der Waals surface area (Å²) in [5, 5.41) is 0. The van der Waals surface area contributed by atoms with E-state index in [9.17, 15) is 4.79 Å². The molecule has 0 atom stereocenters. The van der Waals surface area contributed by atoms with Crippen LogP contribution in [0.15, 0.2) is 36.5 Å². The zero-order valence-corrected chi connectivity index (χ0v) is 15.3. The summed E-state index contributed by atoms with van der Waals surface area (Å²) in [7, 11) is 2.04. The Morgan fingerprint density at radius 3 is 2.69 bits per heavy atom. The Hall–Kier alpha value is -2.76. The third kappa shape index (κ3) is 3.07. The van der Waals surface area contributed by atoms with Crippen molar-refractivity contribution in [1.82, 2.24) is 9.88 Å². The van der Waals surface area contributed by atoms with Gasteiger partial charge < -0.3 is 19.4 Å². The zero-order valence-electron chi connectivity index (χ0n) is 15.3. The lowest BCUT2D eigenvalue weighted by atomic mass is 10.1. The van der Waals surface area contributed by atoms with E-state index in [1.165, 1.54) is 5.56 Å². The first kappa shape index (κ1) is 16.7. The molecule has 0 radical (unpaired) electrons. The molecule has 0 aliphatic carbocycles. The van der Waals surface area contributed by atoms with E-state index in [1.54, 1.807) is 0 Å². The molecular formula is C20H24N4O2. The molecule has 1 amide bonds. The van der Waals surface area contributed by atoms with Crippen LogP contribution in [0.3, 0.4) is 0 Å². The number of ether oxygens (including phenoxy) is 1. The standard InChI is InChI=1S/C20H24N4O2/c1-15-4-3-7-21-19(15)23-8-10-24(11-9-23)20(25)16-5-6-17-18(14-16)26-13-12-22(17)2/h3-7,14H,8-13H2,1-2H3. The van der Waals surface area contributed by atoms with Crippen LogP contribution in [0.1, 0.15) is 15.9 Å². The molecule has 1 aromatic heterocycles. The Balaban J connectivity index is 1.45. The van der Waals surface area contributed by atoms with Crippen molar-refractivity contribution in [2.45, 2.75) is 6.92 Å². The van der Waals surface area contributed by atoms with Gasteiger partial charge in [-0.25, -0.2) is 4.98 Å². The van der Waals surface area contributed by atoms with Crippen molar-refractivity contribution in [2.75, 3.05) is 56.2 Å². The van der Waals surface area contributed by atoms with Crippen molar-refractivity contribution >= 4 is 17.4 Å². The Labute approximate surface area is 154 Å². The molecule has 136 valence electrons. The number of piperazine rings is 1. The van der Waals surface area contributed by atoms with Crippen molar-refractivity contribution in [3.63, 3.8) is 0 Å². The fourth-order valence-corrected chi connectivity index (χ4v) is 3.60. The van der Waals surface area contributed by atoms with Gasteiger partial charge in [0, 0.05) is 45.0 Å². The summed E-state index contributed by atoms with van der Waals surface area (Å²) in [6, 6.07) is 9.79. The summed E-state index contributed by atoms with van der Waals surface area (Å²) in [4.78, 5) is 23.7. The van der Waals surface area contributed by atoms with Crippen LogP contribution in [0, 0.1) is 6.92 Å². The van der Waals surface area contributed by atoms with Crippen LogP contribution < -0.4 is 14.5 Å². The van der Waals surface area contributed by atoms with Crippen molar-refractivity contribution in [1.29, 1.82) is 0 Å². The lowest BCUT2D eigenvalue weighted by Gasteiger charge is -2.36. The van der Waals surface area contributed by atoms with Crippen LogP contribution in [0.25, 0.3) is 0 Å². The van der Waals surface area contributed by atoms with E-state index in [0.29, 0.717) is 25.3 Å². The molecule has 26 heavy (non-hydrogen) atoms. The summed E-state index contributed by atoms with van der Waals surface area (Å²) in [6.45, 7) is 6.60. The number of amides is 1. The average Bonchev–Trinajstić information content (AvgIpc) is 2.68. The molecule has 0 spiro atoms. The maximum Gasteiger partial charge on any atom is 0.254 e. The second kappa shape index (κ2) is 6.86. The highest BCUT2D eigenvalue weighted by molar-refractivity contribution is 5.95. The highest BCUT2D eigenvalue weighted by Crippen LogP contribution is 2.32. The minimum atomic E-state index is 0.0713. The van der Waals surface area contributed by atoms with Gasteiger partial charge in [0.25, 0.3) is 5.91 Å². The maximum absolute atomic E-state index is 12.9. The molecule has 6 heteroatoms. The third-order valence-electron chi connectivity index (χ3n) is 5.15. The van der Waals surface area contributed by atoms with Crippen molar-refractivity contribution in [3.05, 3.63) is 47.7 Å². The minimum Gasteiger partial charge on any atom is -0.490 e. The minimum absolute atomic E-state index is 0.0713. The van der Waals surface area contributed by atoms with Gasteiger partial charge in [0.1, 0.15) is 18.2 Å². The summed E-state index contributed by atoms with van der Waals surface area (Å²) >= 11 is 0. The number of hydrogen-bond donors (Lipinski definition) is 0. The Morgan fingerprint density at radius 1 is 1.12 bits per heavy atom. The molecule has 4 rings (SSSR count). The predicted molar refractivity (Wildman–Crippen MR) is 102 cm³/mol. The lowest BCUT2D eigenvalue weighted by Crippen LogP contribution is -2.49. The number of benzene rings is 1. The third-order valence-corrected chi connectivity index (χ3v) is 5.15. The molecular weight excluding hydrogens is 328 g/mol. The van der Waals surface area contributed by atoms with Crippen LogP contribution in [-0.2, 0) is 0 Å². The van der Waals surface area contributed by atoms with E-state index >= 15 is 0 Å². The highest BCUT2D eigenvalue weighted by atomic mass is 16.5. The second-order valence-corrected chi connectivity index (χ2v) is 6.88. The molecule has 2 aliphatic heterocycles. The van der Waals surface area contributed by atoms with Crippen LogP contribution >= 0.6 is 0 Å². The number of anilines is 2. The van der Waals surface area contributed by atoms with E-state index < -0.39 is 0 Å². The lowest BCUT2D eigenvalue weighted by molar-refractivity contribution is 0.0746. The van der Waals surface area contributed by atoms with Gasteiger partial charge >= 0.3 is 0 Å². The van der Waals surface area contributed by atoms with E-state index in [4.69, 9.17) is 4.74 Å². The largest absolute Gasteiger partial charge is 0.490 e. The van der Waals surface area contributed by atoms with E-state index in [1.807, 2.05) is 42.4 Å². The molecule has 2 aliphatic rings. The fraction of sp³-hybridized carbons (Fsp3) is 0.400. The number of rotatable bonds is 2. The fourth-order valence-electron chi connectivity index (χ4n) is 3.60. The molecule has 1 aromatic carbocycles. The number of carbonyl (C=O) groups excluding carboxylic acids is 1. The number of nitrogens with zero attached hydrogens (tertiary/aromatic N) is 4. The first-order valence-corrected chi connectivity index (χ1v) is 9.07. The van der Waals surface area contributed by atoms with Crippen molar-refractivity contribution in [2.24, 2.45) is 0 Å². The first-order chi connectivity index (χ1) is 12.6. The number of carbonyl (C=O) groups is 1. The van der Waals surface area contributed by atoms with E-state index in [0.717, 1.165) is 36.9 Å². The molecule has 0 N–H and O–H groups in total. The molecule has 2 aromatic rings. The molecule has 1 fully saturated rings. The van der Waals surface area contributed by atoms with Gasteiger partial charge in [0.05, 0.1) is 12.2 Å². The number of likely N-dealkylation sites (N-methyl/N-ethyl adjacent to an activating group) is 1. The number of hydrogen-bond acceptors (Lipinski definition) is 5. The predicted octanol–water partition coefficient (Wildman–Crippen LogP) is 2.18. The average molecular weight is 352 g/mol. The Kier molecular flexibility index (Phi) is 4.41. The quantitative estimate of drug-likeness (QED) is 0.829. The molecule has 0 unspecified atom stereocenters. The topological polar surface area (TPSA) is 48.9 Å². The van der Waals surface area contributed by atoms with Gasteiger partial charge in [-0.3, -0.25) is 4.79 Å². The number of aryl methyl sites for hydroxylation is 1.